The van der Waals surface area contributed by atoms with Crippen molar-refractivity contribution < 1.29 is 14.3 Å². The SMILES string of the molecule is COC(=O)[C@H](CC(C)C)NC(=O)CSc1nnc(-c2ccccc2)c2ccccc12. The normalized spacial score (nSPS) is 12.0. The largest absolute Gasteiger partial charge is 0.467 e. The number of ether oxygens (including phenoxy) is 1. The Morgan fingerprint density at radius 3 is 2.33 bits per heavy atom. The van der Waals surface area contributed by atoms with Crippen LogP contribution in [-0.2, 0) is 14.3 Å². The highest BCUT2D eigenvalue weighted by atomic mass is 32.2. The number of methoxy groups -OCH3 is 1. The van der Waals surface area contributed by atoms with Crippen LogP contribution in [0.25, 0.3) is 22.0 Å². The van der Waals surface area contributed by atoms with Crippen molar-refractivity contribution in [2.75, 3.05) is 12.9 Å². The molecule has 7 heteroatoms. The summed E-state index contributed by atoms with van der Waals surface area (Å²) in [6.45, 7) is 3.99. The summed E-state index contributed by atoms with van der Waals surface area (Å²) in [5.41, 5.74) is 1.80. The molecule has 6 nitrogen and oxygen atoms in total. The molecule has 0 saturated carbocycles. The van der Waals surface area contributed by atoms with Crippen LogP contribution < -0.4 is 5.32 Å². The average Bonchev–Trinajstić information content (AvgIpc) is 2.76. The molecule has 1 aromatic heterocycles. The first-order valence-electron chi connectivity index (χ1n) is 9.80. The van der Waals surface area contributed by atoms with Crippen molar-refractivity contribution >= 4 is 34.4 Å². The van der Waals surface area contributed by atoms with Crippen LogP contribution in [0.5, 0.6) is 0 Å². The molecule has 1 heterocycles. The van der Waals surface area contributed by atoms with Gasteiger partial charge >= 0.3 is 5.97 Å². The maximum absolute atomic E-state index is 12.5. The third-order valence-electron chi connectivity index (χ3n) is 4.57. The molecule has 1 atom stereocenters. The lowest BCUT2D eigenvalue weighted by Crippen LogP contribution is -2.43. The number of thioether (sulfide) groups is 1. The van der Waals surface area contributed by atoms with Crippen LogP contribution >= 0.6 is 11.8 Å². The van der Waals surface area contributed by atoms with Gasteiger partial charge in [0.1, 0.15) is 16.8 Å². The average molecular weight is 424 g/mol. The van der Waals surface area contributed by atoms with Crippen LogP contribution in [0.3, 0.4) is 0 Å². The van der Waals surface area contributed by atoms with Crippen LogP contribution in [0.4, 0.5) is 0 Å². The summed E-state index contributed by atoms with van der Waals surface area (Å²) < 4.78 is 4.81. The summed E-state index contributed by atoms with van der Waals surface area (Å²) >= 11 is 1.30. The van der Waals surface area contributed by atoms with Gasteiger partial charge in [0.15, 0.2) is 0 Å². The number of carbonyl (C=O) groups is 2. The number of nitrogens with zero attached hydrogens (tertiary/aromatic N) is 2. The van der Waals surface area contributed by atoms with Gasteiger partial charge in [-0.15, -0.1) is 10.2 Å². The zero-order valence-corrected chi connectivity index (χ0v) is 18.1. The molecular formula is C23H25N3O3S. The van der Waals surface area contributed by atoms with E-state index in [-0.39, 0.29) is 17.6 Å². The standard InChI is InChI=1S/C23H25N3O3S/c1-15(2)13-19(23(28)29-3)24-20(27)14-30-22-18-12-8-7-11-17(18)21(25-26-22)16-9-5-4-6-10-16/h4-12,15,19H,13-14H2,1-3H3,(H,24,27)/t19-/m0/s1. The Labute approximate surface area is 180 Å². The number of nitrogens with one attached hydrogen (secondary N) is 1. The van der Waals surface area contributed by atoms with Crippen molar-refractivity contribution in [1.29, 1.82) is 0 Å². The lowest BCUT2D eigenvalue weighted by atomic mass is 10.0. The molecule has 0 aliphatic carbocycles. The van der Waals surface area contributed by atoms with Gasteiger partial charge < -0.3 is 10.1 Å². The number of amides is 1. The van der Waals surface area contributed by atoms with E-state index in [1.807, 2.05) is 68.4 Å². The van der Waals surface area contributed by atoms with Crippen molar-refractivity contribution in [3.8, 4) is 11.3 Å². The Balaban J connectivity index is 1.77. The zero-order valence-electron chi connectivity index (χ0n) is 17.3. The maximum Gasteiger partial charge on any atom is 0.328 e. The number of hydrogen-bond acceptors (Lipinski definition) is 6. The molecule has 0 aliphatic rings. The molecule has 2 aromatic carbocycles. The maximum atomic E-state index is 12.5. The van der Waals surface area contributed by atoms with E-state index in [2.05, 4.69) is 15.5 Å². The number of aromatic nitrogens is 2. The van der Waals surface area contributed by atoms with E-state index in [1.54, 1.807) is 0 Å². The van der Waals surface area contributed by atoms with Crippen LogP contribution in [0.1, 0.15) is 20.3 Å². The first-order valence-corrected chi connectivity index (χ1v) is 10.8. The van der Waals surface area contributed by atoms with Gasteiger partial charge in [0, 0.05) is 16.3 Å². The summed E-state index contributed by atoms with van der Waals surface area (Å²) in [5.74, 6) is -0.287. The fourth-order valence-corrected chi connectivity index (χ4v) is 3.98. The molecule has 1 amide bonds. The quantitative estimate of drug-likeness (QED) is 0.434. The summed E-state index contributed by atoms with van der Waals surface area (Å²) in [6.07, 6.45) is 0.525. The molecule has 1 N–H and O–H groups in total. The highest BCUT2D eigenvalue weighted by Crippen LogP contribution is 2.31. The van der Waals surface area contributed by atoms with E-state index in [1.165, 1.54) is 18.9 Å². The fraction of sp³-hybridized carbons (Fsp3) is 0.304. The van der Waals surface area contributed by atoms with Crippen molar-refractivity contribution in [3.05, 3.63) is 54.6 Å². The van der Waals surface area contributed by atoms with Crippen LogP contribution in [0.2, 0.25) is 0 Å². The summed E-state index contributed by atoms with van der Waals surface area (Å²) in [6, 6.07) is 17.1. The van der Waals surface area contributed by atoms with Gasteiger partial charge in [-0.3, -0.25) is 4.79 Å². The zero-order chi connectivity index (χ0) is 21.5. The van der Waals surface area contributed by atoms with Gasteiger partial charge in [0.25, 0.3) is 0 Å². The lowest BCUT2D eigenvalue weighted by molar-refractivity contribution is -0.145. The van der Waals surface area contributed by atoms with Crippen LogP contribution in [-0.4, -0.2) is 41.0 Å². The topological polar surface area (TPSA) is 81.2 Å². The van der Waals surface area contributed by atoms with Gasteiger partial charge in [0.05, 0.1) is 12.9 Å². The highest BCUT2D eigenvalue weighted by Gasteiger charge is 2.23. The molecule has 0 unspecified atom stereocenters. The van der Waals surface area contributed by atoms with Crippen molar-refractivity contribution in [1.82, 2.24) is 15.5 Å². The van der Waals surface area contributed by atoms with Gasteiger partial charge in [-0.1, -0.05) is 80.2 Å². The Kier molecular flexibility index (Phi) is 7.41. The Hall–Kier alpha value is -2.93. The van der Waals surface area contributed by atoms with E-state index < -0.39 is 12.0 Å². The summed E-state index contributed by atoms with van der Waals surface area (Å²) in [4.78, 5) is 24.4. The minimum absolute atomic E-state index is 0.134. The summed E-state index contributed by atoms with van der Waals surface area (Å²) in [5, 5.41) is 14.2. The number of carbonyl (C=O) groups excluding carboxylic acids is 2. The van der Waals surface area contributed by atoms with Crippen molar-refractivity contribution in [2.45, 2.75) is 31.3 Å². The predicted molar refractivity (Wildman–Crippen MR) is 119 cm³/mol. The first kappa shape index (κ1) is 21.8. The van der Waals surface area contributed by atoms with Gasteiger partial charge in [0.2, 0.25) is 5.91 Å². The lowest BCUT2D eigenvalue weighted by Gasteiger charge is -2.18. The minimum Gasteiger partial charge on any atom is -0.467 e. The molecule has 156 valence electrons. The highest BCUT2D eigenvalue weighted by molar-refractivity contribution is 8.00. The molecule has 30 heavy (non-hydrogen) atoms. The number of esters is 1. The number of rotatable bonds is 8. The van der Waals surface area contributed by atoms with Crippen molar-refractivity contribution in [2.24, 2.45) is 5.92 Å². The van der Waals surface area contributed by atoms with Gasteiger partial charge in [-0.05, 0) is 12.3 Å². The molecule has 3 rings (SSSR count). The second-order valence-electron chi connectivity index (χ2n) is 7.33. The third kappa shape index (κ3) is 5.36. The third-order valence-corrected chi connectivity index (χ3v) is 5.55. The summed E-state index contributed by atoms with van der Waals surface area (Å²) in [7, 11) is 1.33. The minimum atomic E-state index is -0.647. The first-order chi connectivity index (χ1) is 14.5. The van der Waals surface area contributed by atoms with Gasteiger partial charge in [-0.25, -0.2) is 4.79 Å². The molecule has 3 aromatic rings. The van der Waals surface area contributed by atoms with E-state index >= 15 is 0 Å². The second-order valence-corrected chi connectivity index (χ2v) is 8.29. The molecule has 0 aliphatic heterocycles. The molecule has 0 saturated heterocycles. The van der Waals surface area contributed by atoms with Crippen LogP contribution in [0.15, 0.2) is 59.6 Å². The molecule has 0 spiro atoms. The molecule has 0 bridgehead atoms. The Bertz CT molecular complexity index is 1020. The second kappa shape index (κ2) is 10.2. The molecule has 0 radical (unpaired) electrons. The van der Waals surface area contributed by atoms with Crippen LogP contribution in [0, 0.1) is 5.92 Å². The smallest absolute Gasteiger partial charge is 0.328 e. The van der Waals surface area contributed by atoms with Gasteiger partial charge in [-0.2, -0.15) is 0 Å². The number of hydrogen-bond donors (Lipinski definition) is 1. The number of fused-ring (bicyclic) bond motifs is 1. The van der Waals surface area contributed by atoms with Crippen molar-refractivity contribution in [3.63, 3.8) is 0 Å². The monoisotopic (exact) mass is 423 g/mol. The fourth-order valence-electron chi connectivity index (χ4n) is 3.19. The number of benzene rings is 2. The molecule has 0 fully saturated rings. The van der Waals surface area contributed by atoms with E-state index in [0.29, 0.717) is 11.4 Å². The van der Waals surface area contributed by atoms with E-state index in [4.69, 9.17) is 4.74 Å². The molecular weight excluding hydrogens is 398 g/mol. The Morgan fingerprint density at radius 2 is 1.67 bits per heavy atom. The Morgan fingerprint density at radius 1 is 1.00 bits per heavy atom. The van der Waals surface area contributed by atoms with E-state index in [9.17, 15) is 9.59 Å². The predicted octanol–water partition coefficient (Wildman–Crippen LogP) is 4.09. The van der Waals surface area contributed by atoms with E-state index in [0.717, 1.165) is 22.0 Å².